The van der Waals surface area contributed by atoms with Crippen molar-refractivity contribution < 1.29 is 9.53 Å². The predicted molar refractivity (Wildman–Crippen MR) is 62.3 cm³/mol. The molecule has 2 saturated heterocycles. The van der Waals surface area contributed by atoms with Gasteiger partial charge in [0, 0.05) is 12.5 Å². The number of cyclic esters (lactones) is 1. The van der Waals surface area contributed by atoms with Gasteiger partial charge in [0.05, 0.1) is 6.54 Å². The second-order valence-electron chi connectivity index (χ2n) is 5.31. The third kappa shape index (κ3) is 2.67. The van der Waals surface area contributed by atoms with E-state index in [0.29, 0.717) is 11.8 Å². The Morgan fingerprint density at radius 2 is 2.12 bits per heavy atom. The highest BCUT2D eigenvalue weighted by atomic mass is 16.6. The molecule has 2 aliphatic heterocycles. The molecule has 4 heteroatoms. The van der Waals surface area contributed by atoms with Crippen LogP contribution in [0.3, 0.4) is 0 Å². The van der Waals surface area contributed by atoms with Crippen molar-refractivity contribution in [1.82, 2.24) is 10.2 Å². The van der Waals surface area contributed by atoms with Crippen molar-refractivity contribution in [3.8, 4) is 0 Å². The van der Waals surface area contributed by atoms with Crippen molar-refractivity contribution in [2.45, 2.75) is 32.8 Å². The van der Waals surface area contributed by atoms with Crippen LogP contribution < -0.4 is 5.32 Å². The normalized spacial score (nSPS) is 27.6. The highest BCUT2D eigenvalue weighted by molar-refractivity contribution is 5.69. The van der Waals surface area contributed by atoms with E-state index in [4.69, 9.17) is 4.74 Å². The van der Waals surface area contributed by atoms with Crippen LogP contribution >= 0.6 is 0 Å². The topological polar surface area (TPSA) is 41.6 Å². The van der Waals surface area contributed by atoms with E-state index in [1.54, 1.807) is 0 Å². The molecule has 0 radical (unpaired) electrons. The van der Waals surface area contributed by atoms with Crippen molar-refractivity contribution in [2.24, 2.45) is 11.8 Å². The summed E-state index contributed by atoms with van der Waals surface area (Å²) in [5.74, 6) is 1.07. The molecular weight excluding hydrogens is 204 g/mol. The Kier molecular flexibility index (Phi) is 3.69. The molecule has 2 aliphatic rings. The van der Waals surface area contributed by atoms with Crippen LogP contribution in [0.2, 0.25) is 0 Å². The molecule has 0 aromatic carbocycles. The minimum atomic E-state index is -0.114. The summed E-state index contributed by atoms with van der Waals surface area (Å²) < 4.78 is 5.47. The van der Waals surface area contributed by atoms with Crippen molar-refractivity contribution in [3.05, 3.63) is 0 Å². The average molecular weight is 226 g/mol. The smallest absolute Gasteiger partial charge is 0.410 e. The van der Waals surface area contributed by atoms with Crippen molar-refractivity contribution in [3.63, 3.8) is 0 Å². The van der Waals surface area contributed by atoms with Gasteiger partial charge in [-0.15, -0.1) is 0 Å². The molecule has 0 saturated carbocycles. The summed E-state index contributed by atoms with van der Waals surface area (Å²) in [6.07, 6.45) is 2.28. The monoisotopic (exact) mass is 226 g/mol. The number of carbonyl (C=O) groups excluding carboxylic acids is 1. The van der Waals surface area contributed by atoms with E-state index in [-0.39, 0.29) is 12.2 Å². The van der Waals surface area contributed by atoms with Crippen molar-refractivity contribution in [1.29, 1.82) is 0 Å². The molecule has 0 aromatic rings. The van der Waals surface area contributed by atoms with Gasteiger partial charge < -0.3 is 15.0 Å². The second kappa shape index (κ2) is 5.04. The number of rotatable bonds is 3. The molecule has 0 aromatic heterocycles. The summed E-state index contributed by atoms with van der Waals surface area (Å²) >= 11 is 0. The number of amides is 1. The highest BCUT2D eigenvalue weighted by Crippen LogP contribution is 2.25. The second-order valence-corrected chi connectivity index (χ2v) is 5.31. The van der Waals surface area contributed by atoms with E-state index in [1.165, 1.54) is 0 Å². The lowest BCUT2D eigenvalue weighted by molar-refractivity contribution is 0.0904. The van der Waals surface area contributed by atoms with Crippen LogP contribution in [-0.4, -0.2) is 43.3 Å². The third-order valence-corrected chi connectivity index (χ3v) is 3.41. The van der Waals surface area contributed by atoms with Crippen molar-refractivity contribution in [2.75, 3.05) is 26.2 Å². The molecule has 2 heterocycles. The summed E-state index contributed by atoms with van der Waals surface area (Å²) in [7, 11) is 0. The Morgan fingerprint density at radius 3 is 2.75 bits per heavy atom. The maximum Gasteiger partial charge on any atom is 0.410 e. The summed E-state index contributed by atoms with van der Waals surface area (Å²) in [6, 6.07) is 0. The van der Waals surface area contributed by atoms with E-state index in [9.17, 15) is 4.79 Å². The van der Waals surface area contributed by atoms with Crippen molar-refractivity contribution >= 4 is 6.09 Å². The molecule has 0 bridgehead atoms. The number of nitrogens with zero attached hydrogens (tertiary/aromatic N) is 1. The lowest BCUT2D eigenvalue weighted by Gasteiger charge is -2.26. The zero-order valence-corrected chi connectivity index (χ0v) is 10.2. The molecule has 16 heavy (non-hydrogen) atoms. The molecule has 1 atom stereocenters. The van der Waals surface area contributed by atoms with Gasteiger partial charge in [-0.2, -0.15) is 0 Å². The Balaban J connectivity index is 1.87. The highest BCUT2D eigenvalue weighted by Gasteiger charge is 2.36. The fourth-order valence-corrected chi connectivity index (χ4v) is 2.58. The fraction of sp³-hybridized carbons (Fsp3) is 0.917. The Bertz CT molecular complexity index is 249. The van der Waals surface area contributed by atoms with Crippen LogP contribution in [0, 0.1) is 11.8 Å². The number of nitrogens with one attached hydrogen (secondary N) is 1. The Morgan fingerprint density at radius 1 is 1.44 bits per heavy atom. The molecular formula is C12H22N2O2. The number of ether oxygens (including phenoxy) is 1. The van der Waals surface area contributed by atoms with Gasteiger partial charge in [-0.3, -0.25) is 0 Å². The molecule has 1 N–H and O–H groups in total. The van der Waals surface area contributed by atoms with Crippen LogP contribution in [0.4, 0.5) is 4.79 Å². The Labute approximate surface area is 97.3 Å². The van der Waals surface area contributed by atoms with Gasteiger partial charge in [-0.1, -0.05) is 13.8 Å². The van der Waals surface area contributed by atoms with Gasteiger partial charge in [-0.25, -0.2) is 4.79 Å². The van der Waals surface area contributed by atoms with Crippen LogP contribution in [0.25, 0.3) is 0 Å². The summed E-state index contributed by atoms with van der Waals surface area (Å²) in [5, 5.41) is 3.34. The van der Waals surface area contributed by atoms with Gasteiger partial charge in [0.1, 0.15) is 6.10 Å². The maximum atomic E-state index is 11.7. The first-order valence-corrected chi connectivity index (χ1v) is 6.33. The zero-order valence-electron chi connectivity index (χ0n) is 10.2. The molecule has 1 amide bonds. The van der Waals surface area contributed by atoms with Gasteiger partial charge in [0.15, 0.2) is 0 Å². The predicted octanol–water partition coefficient (Wildman–Crippen LogP) is 1.46. The minimum Gasteiger partial charge on any atom is -0.444 e. The summed E-state index contributed by atoms with van der Waals surface area (Å²) in [5.41, 5.74) is 0. The third-order valence-electron chi connectivity index (χ3n) is 3.41. The van der Waals surface area contributed by atoms with Crippen LogP contribution in [0.5, 0.6) is 0 Å². The fourth-order valence-electron chi connectivity index (χ4n) is 2.58. The molecule has 92 valence electrons. The lowest BCUT2D eigenvalue weighted by atomic mass is 9.92. The van der Waals surface area contributed by atoms with Gasteiger partial charge in [-0.05, 0) is 31.8 Å². The summed E-state index contributed by atoms with van der Waals surface area (Å²) in [4.78, 5) is 13.5. The van der Waals surface area contributed by atoms with E-state index in [1.807, 2.05) is 4.90 Å². The number of carbonyl (C=O) groups is 1. The molecule has 0 aliphatic carbocycles. The average Bonchev–Trinajstić information content (AvgIpc) is 2.61. The lowest BCUT2D eigenvalue weighted by Crippen LogP contribution is -2.36. The van der Waals surface area contributed by atoms with Gasteiger partial charge in [0.2, 0.25) is 0 Å². The molecule has 2 fully saturated rings. The number of hydrogen-bond acceptors (Lipinski definition) is 3. The molecule has 1 unspecified atom stereocenters. The summed E-state index contributed by atoms with van der Waals surface area (Å²) in [6.45, 7) is 7.99. The van der Waals surface area contributed by atoms with E-state index in [0.717, 1.165) is 39.0 Å². The largest absolute Gasteiger partial charge is 0.444 e. The van der Waals surface area contributed by atoms with Crippen LogP contribution in [0.15, 0.2) is 0 Å². The van der Waals surface area contributed by atoms with Gasteiger partial charge in [0.25, 0.3) is 0 Å². The Hall–Kier alpha value is -0.770. The van der Waals surface area contributed by atoms with E-state index >= 15 is 0 Å². The first-order chi connectivity index (χ1) is 7.66. The number of piperidine rings is 1. The standard InChI is InChI=1S/C12H22N2O2/c1-9(2)7-14-8-11(16-12(14)15)10-3-5-13-6-4-10/h9-11,13H,3-8H2,1-2H3. The molecule has 0 spiro atoms. The first-order valence-electron chi connectivity index (χ1n) is 6.33. The maximum absolute atomic E-state index is 11.7. The van der Waals surface area contributed by atoms with Gasteiger partial charge >= 0.3 is 6.09 Å². The van der Waals surface area contributed by atoms with E-state index in [2.05, 4.69) is 19.2 Å². The first kappa shape index (κ1) is 11.7. The van der Waals surface area contributed by atoms with E-state index < -0.39 is 0 Å². The quantitative estimate of drug-likeness (QED) is 0.792. The van der Waals surface area contributed by atoms with Crippen LogP contribution in [0.1, 0.15) is 26.7 Å². The molecule has 4 nitrogen and oxygen atoms in total. The SMILES string of the molecule is CC(C)CN1CC(C2CCNCC2)OC1=O. The zero-order chi connectivity index (χ0) is 11.5. The minimum absolute atomic E-state index is 0.114. The molecule has 2 rings (SSSR count). The van der Waals surface area contributed by atoms with Crippen LogP contribution in [-0.2, 0) is 4.74 Å². The number of hydrogen-bond donors (Lipinski definition) is 1.